The Bertz CT molecular complexity index is 2240. The van der Waals surface area contributed by atoms with E-state index >= 15 is 0 Å². The molecule has 0 atom stereocenters. The summed E-state index contributed by atoms with van der Waals surface area (Å²) in [6.07, 6.45) is 3.28. The quantitative estimate of drug-likeness (QED) is 0.136. The van der Waals surface area contributed by atoms with E-state index in [9.17, 15) is 0 Å². The van der Waals surface area contributed by atoms with E-state index < -0.39 is 5.41 Å². The molecule has 0 fully saturated rings. The number of nitrogen functional groups attached to an aromatic ring is 2. The van der Waals surface area contributed by atoms with Gasteiger partial charge in [-0.1, -0.05) is 142 Å². The lowest BCUT2D eigenvalue weighted by Crippen LogP contribution is -2.29. The molecule has 1 aliphatic rings. The fourth-order valence-corrected chi connectivity index (χ4v) is 8.94. The van der Waals surface area contributed by atoms with E-state index in [1.165, 1.54) is 55.6 Å². The molecule has 0 aromatic heterocycles. The van der Waals surface area contributed by atoms with Crippen LogP contribution in [0.15, 0.2) is 109 Å². The molecular weight excluding hydrogens is 697 g/mol. The maximum absolute atomic E-state index is 7.04. The van der Waals surface area contributed by atoms with Crippen molar-refractivity contribution in [2.24, 2.45) is 0 Å². The van der Waals surface area contributed by atoms with E-state index in [1.54, 1.807) is 0 Å². The van der Waals surface area contributed by atoms with Crippen molar-refractivity contribution in [2.75, 3.05) is 11.5 Å². The molecule has 0 radical (unpaired) electrons. The van der Waals surface area contributed by atoms with Gasteiger partial charge in [0, 0.05) is 22.5 Å². The third kappa shape index (κ3) is 6.98. The van der Waals surface area contributed by atoms with Crippen molar-refractivity contribution < 1.29 is 9.47 Å². The molecule has 0 aliphatic heterocycles. The molecule has 0 heterocycles. The van der Waals surface area contributed by atoms with Crippen molar-refractivity contribution >= 4 is 11.4 Å². The highest BCUT2D eigenvalue weighted by Crippen LogP contribution is 2.58. The number of rotatable bonds is 10. The molecule has 6 aromatic rings. The molecule has 6 aromatic carbocycles. The van der Waals surface area contributed by atoms with Crippen LogP contribution >= 0.6 is 0 Å². The Hall–Kier alpha value is -5.48. The number of hydrogen-bond acceptors (Lipinski definition) is 4. The van der Waals surface area contributed by atoms with Crippen LogP contribution in [0.5, 0.6) is 23.0 Å². The third-order valence-corrected chi connectivity index (χ3v) is 11.9. The second kappa shape index (κ2) is 15.1. The minimum Gasteiger partial charge on any atom is -0.456 e. The molecule has 0 saturated heterocycles. The van der Waals surface area contributed by atoms with Crippen LogP contribution in [0.2, 0.25) is 0 Å². The monoisotopic (exact) mass is 756 g/mol. The van der Waals surface area contributed by atoms with Gasteiger partial charge < -0.3 is 20.9 Å². The lowest BCUT2D eigenvalue weighted by atomic mass is 9.66. The van der Waals surface area contributed by atoms with Gasteiger partial charge in [-0.05, 0) is 129 Å². The Kier molecular flexibility index (Phi) is 10.5. The Morgan fingerprint density at radius 1 is 0.456 bits per heavy atom. The molecule has 1 aliphatic carbocycles. The number of anilines is 2. The minimum absolute atomic E-state index is 0.142. The predicted octanol–water partition coefficient (Wildman–Crippen LogP) is 13.6. The number of ether oxygens (including phenoxy) is 2. The first-order chi connectivity index (χ1) is 27.1. The van der Waals surface area contributed by atoms with Gasteiger partial charge in [0.25, 0.3) is 0 Å². The molecule has 0 saturated carbocycles. The van der Waals surface area contributed by atoms with Crippen LogP contribution in [-0.4, -0.2) is 0 Å². The largest absolute Gasteiger partial charge is 0.456 e. The van der Waals surface area contributed by atoms with Crippen LogP contribution in [0.3, 0.4) is 0 Å². The zero-order valence-electron chi connectivity index (χ0n) is 35.7. The number of benzene rings is 6. The van der Waals surface area contributed by atoms with E-state index in [4.69, 9.17) is 20.9 Å². The summed E-state index contributed by atoms with van der Waals surface area (Å²) < 4.78 is 14.1. The summed E-state index contributed by atoms with van der Waals surface area (Å²) in [7, 11) is 0. The summed E-state index contributed by atoms with van der Waals surface area (Å²) in [4.78, 5) is 0. The van der Waals surface area contributed by atoms with Gasteiger partial charge in [0.15, 0.2) is 0 Å². The topological polar surface area (TPSA) is 70.5 Å². The van der Waals surface area contributed by atoms with Crippen LogP contribution in [0, 0.1) is 0 Å². The Balaban J connectivity index is 1.50. The standard InChI is InChI=1S/C53H60N2O2/c1-11-33-27-37(28-34(12-2)49(33)56-47-25-23-39(54)31-45(47)51(5,6)7)53(43-21-17-15-19-41(43)42-20-16-18-22-44(42)53)38-29-35(13-3)50(36(14-4)30-38)57-48-26-24-40(55)32-46(48)52(8,9)10/h15-32H,11-14,54-55H2,1-10H3. The van der Waals surface area contributed by atoms with E-state index in [2.05, 4.69) is 154 Å². The van der Waals surface area contributed by atoms with Gasteiger partial charge in [0.2, 0.25) is 0 Å². The van der Waals surface area contributed by atoms with Gasteiger partial charge in [-0.3, -0.25) is 0 Å². The zero-order chi connectivity index (χ0) is 40.9. The molecule has 57 heavy (non-hydrogen) atoms. The Labute approximate surface area is 341 Å². The normalized spacial score (nSPS) is 13.3. The van der Waals surface area contributed by atoms with Crippen LogP contribution in [0.1, 0.15) is 125 Å². The zero-order valence-corrected chi connectivity index (χ0v) is 35.7. The molecule has 4 N–H and O–H groups in total. The highest BCUT2D eigenvalue weighted by atomic mass is 16.5. The van der Waals surface area contributed by atoms with Gasteiger partial charge in [-0.2, -0.15) is 0 Å². The molecule has 0 spiro atoms. The summed E-state index contributed by atoms with van der Waals surface area (Å²) in [6.45, 7) is 22.2. The second-order valence-corrected chi connectivity index (χ2v) is 17.7. The number of fused-ring (bicyclic) bond motifs is 3. The van der Waals surface area contributed by atoms with Crippen LogP contribution in [0.4, 0.5) is 11.4 Å². The number of nitrogens with two attached hydrogens (primary N) is 2. The smallest absolute Gasteiger partial charge is 0.133 e. The van der Waals surface area contributed by atoms with Gasteiger partial charge in [0.05, 0.1) is 5.41 Å². The maximum Gasteiger partial charge on any atom is 0.133 e. The first-order valence-corrected chi connectivity index (χ1v) is 20.8. The number of hydrogen-bond donors (Lipinski definition) is 2. The molecule has 0 unspecified atom stereocenters. The van der Waals surface area contributed by atoms with Crippen molar-refractivity contribution in [3.63, 3.8) is 0 Å². The van der Waals surface area contributed by atoms with Gasteiger partial charge >= 0.3 is 0 Å². The average Bonchev–Trinajstić information content (AvgIpc) is 3.49. The predicted molar refractivity (Wildman–Crippen MR) is 241 cm³/mol. The summed E-state index contributed by atoms with van der Waals surface area (Å²) in [5, 5.41) is 0. The average molecular weight is 757 g/mol. The second-order valence-electron chi connectivity index (χ2n) is 17.7. The first kappa shape index (κ1) is 39.7. The van der Waals surface area contributed by atoms with Crippen molar-refractivity contribution in [3.8, 4) is 34.1 Å². The summed E-state index contributed by atoms with van der Waals surface area (Å²) in [6, 6.07) is 39.8. The Morgan fingerprint density at radius 3 is 1.11 bits per heavy atom. The van der Waals surface area contributed by atoms with E-state index in [1.807, 2.05) is 24.3 Å². The van der Waals surface area contributed by atoms with Crippen molar-refractivity contribution in [2.45, 2.75) is 111 Å². The molecule has 7 rings (SSSR count). The fraction of sp³-hybridized carbons (Fsp3) is 0.321. The Morgan fingerprint density at radius 2 is 0.789 bits per heavy atom. The lowest BCUT2D eigenvalue weighted by Gasteiger charge is -2.36. The summed E-state index contributed by atoms with van der Waals surface area (Å²) in [5.41, 5.74) is 27.8. The van der Waals surface area contributed by atoms with E-state index in [0.717, 1.165) is 71.2 Å². The van der Waals surface area contributed by atoms with Gasteiger partial charge in [-0.25, -0.2) is 0 Å². The number of aryl methyl sites for hydroxylation is 4. The fourth-order valence-electron chi connectivity index (χ4n) is 8.94. The van der Waals surface area contributed by atoms with Crippen LogP contribution in [0.25, 0.3) is 11.1 Å². The molecule has 4 heteroatoms. The molecular formula is C53H60N2O2. The van der Waals surface area contributed by atoms with E-state index in [-0.39, 0.29) is 10.8 Å². The molecule has 0 amide bonds. The van der Waals surface area contributed by atoms with Crippen molar-refractivity contribution in [3.05, 3.63) is 165 Å². The highest BCUT2D eigenvalue weighted by molar-refractivity contribution is 5.86. The van der Waals surface area contributed by atoms with Gasteiger partial charge in [-0.15, -0.1) is 0 Å². The van der Waals surface area contributed by atoms with Crippen molar-refractivity contribution in [1.29, 1.82) is 0 Å². The maximum atomic E-state index is 7.04. The minimum atomic E-state index is -0.582. The first-order valence-electron chi connectivity index (χ1n) is 20.8. The highest BCUT2D eigenvalue weighted by Gasteiger charge is 2.47. The van der Waals surface area contributed by atoms with E-state index in [0.29, 0.717) is 0 Å². The van der Waals surface area contributed by atoms with Crippen LogP contribution < -0.4 is 20.9 Å². The summed E-state index contributed by atoms with van der Waals surface area (Å²) >= 11 is 0. The summed E-state index contributed by atoms with van der Waals surface area (Å²) in [5.74, 6) is 3.59. The van der Waals surface area contributed by atoms with Crippen molar-refractivity contribution in [1.82, 2.24) is 0 Å². The van der Waals surface area contributed by atoms with Gasteiger partial charge in [0.1, 0.15) is 23.0 Å². The molecule has 4 nitrogen and oxygen atoms in total. The lowest BCUT2D eigenvalue weighted by molar-refractivity contribution is 0.446. The van der Waals surface area contributed by atoms with Crippen LogP contribution in [-0.2, 0) is 41.9 Å². The SMILES string of the molecule is CCc1cc(C2(c3cc(CC)c(Oc4ccc(N)cc4C(C)(C)C)c(CC)c3)c3ccccc3-c3ccccc32)cc(CC)c1Oc1ccc(N)cc1C(C)(C)C. The molecule has 0 bridgehead atoms. The third-order valence-electron chi connectivity index (χ3n) is 11.9. The molecule has 294 valence electrons.